The van der Waals surface area contributed by atoms with Gasteiger partial charge in [-0.3, -0.25) is 0 Å². The molecule has 14 heavy (non-hydrogen) atoms. The zero-order chi connectivity index (χ0) is 10.1. The van der Waals surface area contributed by atoms with Crippen LogP contribution in [0.15, 0.2) is 11.1 Å². The largest absolute Gasteiger partial charge is 0.327 e. The van der Waals surface area contributed by atoms with Crippen LogP contribution in [0.25, 0.3) is 0 Å². The van der Waals surface area contributed by atoms with Crippen molar-refractivity contribution in [3.8, 4) is 0 Å². The predicted molar refractivity (Wildman–Crippen MR) is 65.8 cm³/mol. The molecule has 2 heteroatoms. The van der Waals surface area contributed by atoms with Gasteiger partial charge in [0.25, 0.3) is 0 Å². The quantitative estimate of drug-likeness (QED) is 0.718. The minimum atomic E-state index is 0. The molecular weight excluding hydrogens is 194 g/mol. The lowest BCUT2D eigenvalue weighted by atomic mass is 9.86. The van der Waals surface area contributed by atoms with Gasteiger partial charge in [0.2, 0.25) is 0 Å². The van der Waals surface area contributed by atoms with Crippen molar-refractivity contribution in [3.63, 3.8) is 0 Å². The lowest BCUT2D eigenvalue weighted by Crippen LogP contribution is -2.19. The smallest absolute Gasteiger partial charge is 0.00735 e. The highest BCUT2D eigenvalue weighted by Crippen LogP contribution is 2.43. The van der Waals surface area contributed by atoms with E-state index in [-0.39, 0.29) is 12.4 Å². The van der Waals surface area contributed by atoms with E-state index in [1.807, 2.05) is 0 Å². The fourth-order valence-corrected chi connectivity index (χ4v) is 2.03. The van der Waals surface area contributed by atoms with Gasteiger partial charge < -0.3 is 5.73 Å². The Morgan fingerprint density at radius 1 is 1.43 bits per heavy atom. The van der Waals surface area contributed by atoms with Crippen molar-refractivity contribution in [1.82, 2.24) is 0 Å². The molecule has 1 aliphatic rings. The van der Waals surface area contributed by atoms with Crippen LogP contribution in [0.4, 0.5) is 0 Å². The Balaban J connectivity index is 0.00000169. The summed E-state index contributed by atoms with van der Waals surface area (Å²) in [5.74, 6) is 0. The van der Waals surface area contributed by atoms with Crippen LogP contribution >= 0.6 is 12.4 Å². The third-order valence-electron chi connectivity index (χ3n) is 3.63. The maximum Gasteiger partial charge on any atom is 0.00735 e. The summed E-state index contributed by atoms with van der Waals surface area (Å²) in [6, 6.07) is 0.374. The minimum absolute atomic E-state index is 0. The first-order valence-electron chi connectivity index (χ1n) is 5.42. The van der Waals surface area contributed by atoms with Gasteiger partial charge in [-0.1, -0.05) is 31.9 Å². The molecular formula is C12H24ClN. The van der Waals surface area contributed by atoms with Crippen LogP contribution < -0.4 is 5.73 Å². The summed E-state index contributed by atoms with van der Waals surface area (Å²) in [7, 11) is 0. The van der Waals surface area contributed by atoms with Gasteiger partial charge in [0.15, 0.2) is 0 Å². The van der Waals surface area contributed by atoms with Gasteiger partial charge in [-0.05, 0) is 38.0 Å². The highest BCUT2D eigenvalue weighted by molar-refractivity contribution is 5.85. The SMILES string of the molecule is CCC(N)CC1=C(C)C(C)(C)CC1.Cl. The van der Waals surface area contributed by atoms with Crippen LogP contribution in [0.3, 0.4) is 0 Å². The second-order valence-electron chi connectivity index (χ2n) is 4.98. The van der Waals surface area contributed by atoms with Crippen molar-refractivity contribution in [2.24, 2.45) is 11.1 Å². The fraction of sp³-hybridized carbons (Fsp3) is 0.833. The molecule has 0 aromatic rings. The molecule has 0 fully saturated rings. The molecule has 0 radical (unpaired) electrons. The van der Waals surface area contributed by atoms with Crippen LogP contribution in [-0.4, -0.2) is 6.04 Å². The maximum absolute atomic E-state index is 5.97. The lowest BCUT2D eigenvalue weighted by molar-refractivity contribution is 0.442. The van der Waals surface area contributed by atoms with E-state index in [2.05, 4.69) is 27.7 Å². The van der Waals surface area contributed by atoms with Gasteiger partial charge in [-0.15, -0.1) is 12.4 Å². The summed E-state index contributed by atoms with van der Waals surface area (Å²) in [6.07, 6.45) is 4.79. The molecule has 0 spiro atoms. The number of nitrogens with two attached hydrogens (primary N) is 1. The van der Waals surface area contributed by atoms with Crippen molar-refractivity contribution in [1.29, 1.82) is 0 Å². The van der Waals surface area contributed by atoms with Crippen LogP contribution in [0.5, 0.6) is 0 Å². The van der Waals surface area contributed by atoms with E-state index in [0.717, 1.165) is 12.8 Å². The summed E-state index contributed by atoms with van der Waals surface area (Å²) >= 11 is 0. The molecule has 1 nitrogen and oxygen atoms in total. The predicted octanol–water partition coefficient (Wildman–Crippen LogP) is 3.67. The van der Waals surface area contributed by atoms with Crippen molar-refractivity contribution in [3.05, 3.63) is 11.1 Å². The Hall–Kier alpha value is -0.0100. The molecule has 1 rings (SSSR count). The summed E-state index contributed by atoms with van der Waals surface area (Å²) in [5.41, 5.74) is 9.62. The number of allylic oxidation sites excluding steroid dienone is 1. The monoisotopic (exact) mass is 217 g/mol. The van der Waals surface area contributed by atoms with Crippen LogP contribution in [-0.2, 0) is 0 Å². The second-order valence-corrected chi connectivity index (χ2v) is 4.98. The maximum atomic E-state index is 5.97. The first-order chi connectivity index (χ1) is 5.97. The molecule has 0 amide bonds. The molecule has 84 valence electrons. The number of halogens is 1. The molecule has 0 heterocycles. The summed E-state index contributed by atoms with van der Waals surface area (Å²) in [6.45, 7) is 9.13. The van der Waals surface area contributed by atoms with Gasteiger partial charge in [-0.25, -0.2) is 0 Å². The molecule has 0 aliphatic heterocycles. The van der Waals surface area contributed by atoms with Crippen LogP contribution in [0.1, 0.15) is 53.4 Å². The van der Waals surface area contributed by atoms with Gasteiger partial charge in [0.1, 0.15) is 0 Å². The minimum Gasteiger partial charge on any atom is -0.327 e. The highest BCUT2D eigenvalue weighted by Gasteiger charge is 2.29. The van der Waals surface area contributed by atoms with Crippen molar-refractivity contribution < 1.29 is 0 Å². The normalized spacial score (nSPS) is 22.1. The van der Waals surface area contributed by atoms with Gasteiger partial charge >= 0.3 is 0 Å². The van der Waals surface area contributed by atoms with E-state index >= 15 is 0 Å². The summed E-state index contributed by atoms with van der Waals surface area (Å²) < 4.78 is 0. The standard InChI is InChI=1S/C12H23N.ClH/c1-5-11(13)8-10-6-7-12(3,4)9(10)2;/h11H,5-8,13H2,1-4H3;1H. The Morgan fingerprint density at radius 2 is 2.00 bits per heavy atom. The van der Waals surface area contributed by atoms with E-state index in [9.17, 15) is 0 Å². The fourth-order valence-electron chi connectivity index (χ4n) is 2.03. The molecule has 0 bridgehead atoms. The van der Waals surface area contributed by atoms with Crippen LogP contribution in [0.2, 0.25) is 0 Å². The Bertz CT molecular complexity index is 218. The summed E-state index contributed by atoms with van der Waals surface area (Å²) in [5, 5.41) is 0. The number of hydrogen-bond acceptors (Lipinski definition) is 1. The Morgan fingerprint density at radius 3 is 2.36 bits per heavy atom. The van der Waals surface area contributed by atoms with Crippen LogP contribution in [0, 0.1) is 5.41 Å². The van der Waals surface area contributed by atoms with E-state index in [0.29, 0.717) is 11.5 Å². The molecule has 0 saturated carbocycles. The van der Waals surface area contributed by atoms with E-state index in [1.54, 1.807) is 11.1 Å². The molecule has 2 N–H and O–H groups in total. The zero-order valence-corrected chi connectivity index (χ0v) is 10.7. The average Bonchev–Trinajstić information content (AvgIpc) is 2.32. The number of rotatable bonds is 3. The average molecular weight is 218 g/mol. The lowest BCUT2D eigenvalue weighted by Gasteiger charge is -2.19. The molecule has 1 unspecified atom stereocenters. The van der Waals surface area contributed by atoms with Crippen molar-refractivity contribution in [2.75, 3.05) is 0 Å². The second kappa shape index (κ2) is 5.18. The molecule has 0 aromatic carbocycles. The first kappa shape index (κ1) is 14.0. The molecule has 0 aromatic heterocycles. The van der Waals surface area contributed by atoms with Crippen molar-refractivity contribution in [2.45, 2.75) is 59.4 Å². The summed E-state index contributed by atoms with van der Waals surface area (Å²) in [4.78, 5) is 0. The van der Waals surface area contributed by atoms with Gasteiger partial charge in [0.05, 0.1) is 0 Å². The third kappa shape index (κ3) is 2.99. The highest BCUT2D eigenvalue weighted by atomic mass is 35.5. The number of hydrogen-bond donors (Lipinski definition) is 1. The van der Waals surface area contributed by atoms with E-state index in [4.69, 9.17) is 5.73 Å². The van der Waals surface area contributed by atoms with Gasteiger partial charge in [-0.2, -0.15) is 0 Å². The molecule has 0 saturated heterocycles. The van der Waals surface area contributed by atoms with E-state index < -0.39 is 0 Å². The third-order valence-corrected chi connectivity index (χ3v) is 3.63. The van der Waals surface area contributed by atoms with E-state index in [1.165, 1.54) is 12.8 Å². The Kier molecular flexibility index (Phi) is 5.17. The molecule has 1 atom stereocenters. The zero-order valence-electron chi connectivity index (χ0n) is 9.89. The Labute approximate surface area is 94.6 Å². The molecule has 1 aliphatic carbocycles. The van der Waals surface area contributed by atoms with Crippen molar-refractivity contribution >= 4 is 12.4 Å². The topological polar surface area (TPSA) is 26.0 Å². The van der Waals surface area contributed by atoms with Gasteiger partial charge in [0, 0.05) is 6.04 Å². The first-order valence-corrected chi connectivity index (χ1v) is 5.42.